The van der Waals surface area contributed by atoms with Crippen LogP contribution in [0.1, 0.15) is 57.3 Å². The van der Waals surface area contributed by atoms with Gasteiger partial charge in [0.1, 0.15) is 5.75 Å². The second kappa shape index (κ2) is 8.19. The number of hydrogen-bond donors (Lipinski definition) is 2. The van der Waals surface area contributed by atoms with Crippen LogP contribution in [0.4, 0.5) is 0 Å². The normalized spacial score (nSPS) is 22.6. The molecule has 1 amide bonds. The van der Waals surface area contributed by atoms with E-state index < -0.39 is 5.60 Å². The predicted octanol–water partition coefficient (Wildman–Crippen LogP) is 3.16. The van der Waals surface area contributed by atoms with Crippen LogP contribution in [0.3, 0.4) is 0 Å². The van der Waals surface area contributed by atoms with Gasteiger partial charge in [-0.2, -0.15) is 0 Å². The smallest absolute Gasteiger partial charge is 0.251 e. The highest BCUT2D eigenvalue weighted by Gasteiger charge is 2.38. The van der Waals surface area contributed by atoms with E-state index in [0.717, 1.165) is 5.75 Å². The molecule has 0 aliphatic carbocycles. The molecule has 1 aliphatic heterocycles. The van der Waals surface area contributed by atoms with Crippen LogP contribution >= 0.6 is 0 Å². The fourth-order valence-electron chi connectivity index (χ4n) is 3.14. The van der Waals surface area contributed by atoms with Crippen molar-refractivity contribution in [1.29, 1.82) is 0 Å². The molecule has 5 nitrogen and oxygen atoms in total. The molecule has 1 aromatic carbocycles. The number of rotatable bonds is 7. The highest BCUT2D eigenvalue weighted by molar-refractivity contribution is 5.94. The summed E-state index contributed by atoms with van der Waals surface area (Å²) >= 11 is 0. The molecule has 0 radical (unpaired) electrons. The van der Waals surface area contributed by atoms with E-state index in [9.17, 15) is 9.90 Å². The Morgan fingerprint density at radius 3 is 2.60 bits per heavy atom. The van der Waals surface area contributed by atoms with Crippen LogP contribution < -0.4 is 10.1 Å². The molecule has 25 heavy (non-hydrogen) atoms. The van der Waals surface area contributed by atoms with E-state index in [4.69, 9.17) is 9.47 Å². The quantitative estimate of drug-likeness (QED) is 0.793. The third-order valence-corrected chi connectivity index (χ3v) is 4.39. The molecule has 1 fully saturated rings. The Kier molecular flexibility index (Phi) is 6.47. The predicted molar refractivity (Wildman–Crippen MR) is 97.9 cm³/mol. The molecule has 2 N–H and O–H groups in total. The van der Waals surface area contributed by atoms with Crippen LogP contribution in [0.25, 0.3) is 0 Å². The maximum atomic E-state index is 12.2. The number of amides is 1. The summed E-state index contributed by atoms with van der Waals surface area (Å²) in [6, 6.07) is 7.15. The minimum Gasteiger partial charge on any atom is -0.493 e. The zero-order valence-corrected chi connectivity index (χ0v) is 15.8. The van der Waals surface area contributed by atoms with Crippen molar-refractivity contribution in [2.75, 3.05) is 19.8 Å². The first-order valence-corrected chi connectivity index (χ1v) is 9.07. The molecule has 1 saturated heterocycles. The first-order chi connectivity index (χ1) is 11.7. The number of carbonyl (C=O) groups is 1. The van der Waals surface area contributed by atoms with Gasteiger partial charge in [-0.15, -0.1) is 0 Å². The number of nitrogens with one attached hydrogen (secondary N) is 1. The Balaban J connectivity index is 1.80. The van der Waals surface area contributed by atoms with E-state index in [1.807, 2.05) is 26.0 Å². The standard InChI is InChI=1S/C20H31NO4/c1-15(2)13-24-17-7-5-16(6-8-17)18(22)21-11-9-20(23)10-12-25-19(3,4)14-20/h5-8,15,23H,9-14H2,1-4H3,(H,21,22). The maximum absolute atomic E-state index is 12.2. The van der Waals surface area contributed by atoms with Crippen LogP contribution in [-0.4, -0.2) is 42.0 Å². The van der Waals surface area contributed by atoms with Gasteiger partial charge in [-0.25, -0.2) is 0 Å². The zero-order valence-electron chi connectivity index (χ0n) is 15.8. The van der Waals surface area contributed by atoms with Gasteiger partial charge < -0.3 is 19.9 Å². The van der Waals surface area contributed by atoms with E-state index in [2.05, 4.69) is 19.2 Å². The van der Waals surface area contributed by atoms with Crippen molar-refractivity contribution in [1.82, 2.24) is 5.32 Å². The molecule has 2 rings (SSSR count). The second-order valence-electron chi connectivity index (χ2n) is 7.99. The van der Waals surface area contributed by atoms with Gasteiger partial charge in [-0.05, 0) is 56.9 Å². The Hall–Kier alpha value is -1.59. The zero-order chi connectivity index (χ0) is 18.5. The van der Waals surface area contributed by atoms with Crippen LogP contribution in [0, 0.1) is 5.92 Å². The molecule has 0 bridgehead atoms. The molecule has 1 aliphatic rings. The number of benzene rings is 1. The lowest BCUT2D eigenvalue weighted by atomic mass is 9.82. The third kappa shape index (κ3) is 6.33. The lowest BCUT2D eigenvalue weighted by Crippen LogP contribution is -2.47. The summed E-state index contributed by atoms with van der Waals surface area (Å²) in [7, 11) is 0. The Labute approximate surface area is 150 Å². The molecule has 1 aromatic rings. The SMILES string of the molecule is CC(C)COc1ccc(C(=O)NCCC2(O)CCOC(C)(C)C2)cc1. The van der Waals surface area contributed by atoms with E-state index in [0.29, 0.717) is 50.5 Å². The molecule has 1 unspecified atom stereocenters. The van der Waals surface area contributed by atoms with Gasteiger partial charge in [0, 0.05) is 18.5 Å². The topological polar surface area (TPSA) is 67.8 Å². The van der Waals surface area contributed by atoms with E-state index in [1.165, 1.54) is 0 Å². The average Bonchev–Trinajstić information content (AvgIpc) is 2.52. The number of hydrogen-bond acceptors (Lipinski definition) is 4. The van der Waals surface area contributed by atoms with Crippen molar-refractivity contribution in [3.05, 3.63) is 29.8 Å². The monoisotopic (exact) mass is 349 g/mol. The van der Waals surface area contributed by atoms with Gasteiger partial charge in [0.25, 0.3) is 5.91 Å². The number of aliphatic hydroxyl groups is 1. The summed E-state index contributed by atoms with van der Waals surface area (Å²) in [5.74, 6) is 1.10. The molecule has 5 heteroatoms. The lowest BCUT2D eigenvalue weighted by molar-refractivity contribution is -0.145. The fraction of sp³-hybridized carbons (Fsp3) is 0.650. The summed E-state index contributed by atoms with van der Waals surface area (Å²) in [5.41, 5.74) is -0.497. The van der Waals surface area contributed by atoms with Crippen molar-refractivity contribution in [3.8, 4) is 5.75 Å². The first-order valence-electron chi connectivity index (χ1n) is 9.07. The van der Waals surface area contributed by atoms with Crippen molar-refractivity contribution in [3.63, 3.8) is 0 Å². The lowest BCUT2D eigenvalue weighted by Gasteiger charge is -2.41. The Bertz CT molecular complexity index is 568. The van der Waals surface area contributed by atoms with Crippen molar-refractivity contribution in [2.24, 2.45) is 5.92 Å². The van der Waals surface area contributed by atoms with Gasteiger partial charge in [-0.3, -0.25) is 4.79 Å². The second-order valence-corrected chi connectivity index (χ2v) is 7.99. The Morgan fingerprint density at radius 2 is 2.00 bits per heavy atom. The van der Waals surface area contributed by atoms with Crippen LogP contribution in [-0.2, 0) is 4.74 Å². The first kappa shape index (κ1) is 19.7. The molecular weight excluding hydrogens is 318 g/mol. The molecule has 0 aromatic heterocycles. The molecule has 0 saturated carbocycles. The van der Waals surface area contributed by atoms with Crippen molar-refractivity contribution < 1.29 is 19.4 Å². The molecular formula is C20H31NO4. The number of ether oxygens (including phenoxy) is 2. The molecule has 1 atom stereocenters. The van der Waals surface area contributed by atoms with Gasteiger partial charge >= 0.3 is 0 Å². The van der Waals surface area contributed by atoms with Gasteiger partial charge in [0.15, 0.2) is 0 Å². The van der Waals surface area contributed by atoms with Crippen LogP contribution in [0.5, 0.6) is 5.75 Å². The van der Waals surface area contributed by atoms with Crippen LogP contribution in [0.2, 0.25) is 0 Å². The van der Waals surface area contributed by atoms with Crippen molar-refractivity contribution in [2.45, 2.75) is 58.2 Å². The fourth-order valence-corrected chi connectivity index (χ4v) is 3.14. The molecule has 140 valence electrons. The summed E-state index contributed by atoms with van der Waals surface area (Å²) in [5, 5.41) is 13.6. The molecule has 0 spiro atoms. The van der Waals surface area contributed by atoms with Crippen LogP contribution in [0.15, 0.2) is 24.3 Å². The van der Waals surface area contributed by atoms with E-state index >= 15 is 0 Å². The average molecular weight is 349 g/mol. The van der Waals surface area contributed by atoms with Gasteiger partial charge in [-0.1, -0.05) is 13.8 Å². The summed E-state index contributed by atoms with van der Waals surface area (Å²) in [6.45, 7) is 9.80. The maximum Gasteiger partial charge on any atom is 0.251 e. The molecule has 1 heterocycles. The summed E-state index contributed by atoms with van der Waals surface area (Å²) in [4.78, 5) is 12.2. The van der Waals surface area contributed by atoms with E-state index in [1.54, 1.807) is 12.1 Å². The number of carbonyl (C=O) groups excluding carboxylic acids is 1. The highest BCUT2D eigenvalue weighted by Crippen LogP contribution is 2.33. The highest BCUT2D eigenvalue weighted by atomic mass is 16.5. The summed E-state index contributed by atoms with van der Waals surface area (Å²) < 4.78 is 11.3. The van der Waals surface area contributed by atoms with Gasteiger partial charge in [0.05, 0.1) is 24.4 Å². The minimum absolute atomic E-state index is 0.134. The Morgan fingerprint density at radius 1 is 1.32 bits per heavy atom. The third-order valence-electron chi connectivity index (χ3n) is 4.39. The van der Waals surface area contributed by atoms with Crippen molar-refractivity contribution >= 4 is 5.91 Å². The largest absolute Gasteiger partial charge is 0.493 e. The minimum atomic E-state index is -0.774. The van der Waals surface area contributed by atoms with E-state index in [-0.39, 0.29) is 11.5 Å². The van der Waals surface area contributed by atoms with Gasteiger partial charge in [0.2, 0.25) is 0 Å². The summed E-state index contributed by atoms with van der Waals surface area (Å²) in [6.07, 6.45) is 1.72.